The molecule has 2 N–H and O–H groups in total. The van der Waals surface area contributed by atoms with Gasteiger partial charge in [-0.25, -0.2) is 13.1 Å². The van der Waals surface area contributed by atoms with Crippen LogP contribution in [0.4, 0.5) is 0 Å². The summed E-state index contributed by atoms with van der Waals surface area (Å²) >= 11 is 1.73. The Morgan fingerprint density at radius 3 is 2.81 bits per heavy atom. The number of carbonyl (C=O) groups is 1. The molecule has 2 rings (SSSR count). The summed E-state index contributed by atoms with van der Waals surface area (Å²) in [5.41, 5.74) is 0.878. The van der Waals surface area contributed by atoms with Gasteiger partial charge in [0.15, 0.2) is 0 Å². The first-order valence-corrected chi connectivity index (χ1v) is 9.31. The largest absolute Gasteiger partial charge is 0.481 e. The van der Waals surface area contributed by atoms with E-state index in [4.69, 9.17) is 5.11 Å². The van der Waals surface area contributed by atoms with Gasteiger partial charge in [-0.15, -0.1) is 0 Å². The highest BCUT2D eigenvalue weighted by molar-refractivity contribution is 7.99. The molecule has 1 saturated heterocycles. The highest BCUT2D eigenvalue weighted by Gasteiger charge is 2.28. The van der Waals surface area contributed by atoms with Gasteiger partial charge in [-0.3, -0.25) is 9.48 Å². The van der Waals surface area contributed by atoms with Gasteiger partial charge in [0.1, 0.15) is 4.90 Å². The minimum absolute atomic E-state index is 0.0406. The van der Waals surface area contributed by atoms with Crippen molar-refractivity contribution >= 4 is 27.8 Å². The van der Waals surface area contributed by atoms with E-state index in [1.807, 2.05) is 0 Å². The molecule has 1 unspecified atom stereocenters. The van der Waals surface area contributed by atoms with Gasteiger partial charge in [-0.2, -0.15) is 16.9 Å². The third-order valence-corrected chi connectivity index (χ3v) is 6.31. The zero-order valence-electron chi connectivity index (χ0n) is 12.0. The van der Waals surface area contributed by atoms with Gasteiger partial charge >= 0.3 is 5.97 Å². The average molecular weight is 333 g/mol. The van der Waals surface area contributed by atoms with Crippen molar-refractivity contribution in [2.45, 2.75) is 44.2 Å². The molecular weight excluding hydrogens is 314 g/mol. The Morgan fingerprint density at radius 1 is 1.52 bits per heavy atom. The molecule has 1 aromatic rings. The molecule has 0 aliphatic carbocycles. The van der Waals surface area contributed by atoms with Crippen LogP contribution in [0.2, 0.25) is 0 Å². The second-order valence-corrected chi connectivity index (χ2v) is 7.85. The van der Waals surface area contributed by atoms with Crippen LogP contribution in [0.3, 0.4) is 0 Å². The number of hydrogen-bond acceptors (Lipinski definition) is 5. The van der Waals surface area contributed by atoms with E-state index in [-0.39, 0.29) is 23.9 Å². The topological polar surface area (TPSA) is 101 Å². The van der Waals surface area contributed by atoms with E-state index in [9.17, 15) is 13.2 Å². The average Bonchev–Trinajstić information content (AvgIpc) is 2.94. The van der Waals surface area contributed by atoms with Crippen LogP contribution >= 0.6 is 11.8 Å². The van der Waals surface area contributed by atoms with Gasteiger partial charge < -0.3 is 5.11 Å². The lowest BCUT2D eigenvalue weighted by atomic mass is 10.3. The van der Waals surface area contributed by atoms with Crippen molar-refractivity contribution in [2.75, 3.05) is 11.5 Å². The summed E-state index contributed by atoms with van der Waals surface area (Å²) in [5, 5.41) is 12.9. The molecule has 1 atom stereocenters. The van der Waals surface area contributed by atoms with Gasteiger partial charge in [-0.1, -0.05) is 0 Å². The fourth-order valence-corrected chi connectivity index (χ4v) is 5.33. The Kier molecular flexibility index (Phi) is 4.95. The first kappa shape index (κ1) is 16.3. The maximum absolute atomic E-state index is 12.5. The number of nitrogens with zero attached hydrogens (tertiary/aromatic N) is 2. The van der Waals surface area contributed by atoms with Gasteiger partial charge in [0.2, 0.25) is 10.0 Å². The van der Waals surface area contributed by atoms with E-state index in [1.54, 1.807) is 25.6 Å². The monoisotopic (exact) mass is 333 g/mol. The van der Waals surface area contributed by atoms with Crippen molar-refractivity contribution in [3.8, 4) is 0 Å². The number of carboxylic acid groups (broad SMARTS) is 1. The van der Waals surface area contributed by atoms with Crippen LogP contribution in [0.5, 0.6) is 0 Å². The minimum atomic E-state index is -3.62. The van der Waals surface area contributed by atoms with E-state index in [0.717, 1.165) is 17.9 Å². The molecular formula is C12H19N3O4S2. The predicted molar refractivity (Wildman–Crippen MR) is 80.0 cm³/mol. The molecule has 2 heterocycles. The molecule has 0 bridgehead atoms. The first-order chi connectivity index (χ1) is 9.81. The molecule has 118 valence electrons. The molecule has 1 aliphatic heterocycles. The van der Waals surface area contributed by atoms with Crippen LogP contribution in [0.15, 0.2) is 4.90 Å². The molecule has 1 aliphatic rings. The fraction of sp³-hybridized carbons (Fsp3) is 0.667. The molecule has 9 heteroatoms. The Bertz CT molecular complexity index is 633. The van der Waals surface area contributed by atoms with Crippen molar-refractivity contribution < 1.29 is 18.3 Å². The summed E-state index contributed by atoms with van der Waals surface area (Å²) in [4.78, 5) is 10.8. The van der Waals surface area contributed by atoms with Gasteiger partial charge in [0.25, 0.3) is 0 Å². The van der Waals surface area contributed by atoms with Crippen LogP contribution in [0, 0.1) is 13.8 Å². The predicted octanol–water partition coefficient (Wildman–Crippen LogP) is 0.758. The number of thioether (sulfide) groups is 1. The summed E-state index contributed by atoms with van der Waals surface area (Å²) in [5.74, 6) is 0.807. The second kappa shape index (κ2) is 6.37. The second-order valence-electron chi connectivity index (χ2n) is 5.05. The lowest BCUT2D eigenvalue weighted by Gasteiger charge is -2.12. The molecule has 1 fully saturated rings. The SMILES string of the molecule is Cc1nn(CCC(=O)O)c(C)c1S(=O)(=O)NC1CCSC1. The van der Waals surface area contributed by atoms with Crippen LogP contribution < -0.4 is 4.72 Å². The molecule has 0 saturated carbocycles. The zero-order valence-corrected chi connectivity index (χ0v) is 13.6. The van der Waals surface area contributed by atoms with Crippen molar-refractivity contribution in [2.24, 2.45) is 0 Å². The van der Waals surface area contributed by atoms with Crippen LogP contribution in [-0.2, 0) is 21.4 Å². The molecule has 0 spiro atoms. The number of aliphatic carboxylic acids is 1. The Hall–Kier alpha value is -1.06. The molecule has 1 aromatic heterocycles. The molecule has 0 amide bonds. The standard InChI is InChI=1S/C12H19N3O4S2/c1-8-12(9(2)15(13-8)5-3-11(16)17)21(18,19)14-10-4-6-20-7-10/h10,14H,3-7H2,1-2H3,(H,16,17). The molecule has 7 nitrogen and oxygen atoms in total. The summed E-state index contributed by atoms with van der Waals surface area (Å²) in [6.07, 6.45) is 0.739. The summed E-state index contributed by atoms with van der Waals surface area (Å²) < 4.78 is 29.1. The molecule has 0 radical (unpaired) electrons. The van der Waals surface area contributed by atoms with E-state index in [2.05, 4.69) is 9.82 Å². The normalized spacial score (nSPS) is 19.0. The maximum Gasteiger partial charge on any atom is 0.305 e. The number of sulfonamides is 1. The van der Waals surface area contributed by atoms with Crippen molar-refractivity contribution in [1.82, 2.24) is 14.5 Å². The van der Waals surface area contributed by atoms with E-state index < -0.39 is 16.0 Å². The van der Waals surface area contributed by atoms with Crippen LogP contribution in [0.1, 0.15) is 24.2 Å². The number of aryl methyl sites for hydroxylation is 2. The van der Waals surface area contributed by atoms with Crippen molar-refractivity contribution in [1.29, 1.82) is 0 Å². The van der Waals surface area contributed by atoms with E-state index >= 15 is 0 Å². The third-order valence-electron chi connectivity index (χ3n) is 3.37. The van der Waals surface area contributed by atoms with E-state index in [0.29, 0.717) is 11.4 Å². The Labute approximate surface area is 128 Å². The summed E-state index contributed by atoms with van der Waals surface area (Å²) in [7, 11) is -3.62. The highest BCUT2D eigenvalue weighted by Crippen LogP contribution is 2.23. The first-order valence-electron chi connectivity index (χ1n) is 6.67. The fourth-order valence-electron chi connectivity index (χ4n) is 2.39. The Balaban J connectivity index is 2.23. The van der Waals surface area contributed by atoms with Crippen LogP contribution in [-0.4, -0.2) is 46.8 Å². The number of aromatic nitrogens is 2. The van der Waals surface area contributed by atoms with Gasteiger partial charge in [-0.05, 0) is 26.0 Å². The number of nitrogens with one attached hydrogen (secondary N) is 1. The highest BCUT2D eigenvalue weighted by atomic mass is 32.2. The van der Waals surface area contributed by atoms with Gasteiger partial charge in [0.05, 0.1) is 24.4 Å². The number of rotatable bonds is 6. The van der Waals surface area contributed by atoms with Crippen molar-refractivity contribution in [3.63, 3.8) is 0 Å². The summed E-state index contributed by atoms with van der Waals surface area (Å²) in [6.45, 7) is 3.44. The lowest BCUT2D eigenvalue weighted by molar-refractivity contribution is -0.137. The van der Waals surface area contributed by atoms with Crippen LogP contribution in [0.25, 0.3) is 0 Å². The summed E-state index contributed by atoms with van der Waals surface area (Å²) in [6, 6.07) is -0.0406. The Morgan fingerprint density at radius 2 is 2.24 bits per heavy atom. The molecule has 0 aromatic carbocycles. The number of carboxylic acids is 1. The number of hydrogen-bond donors (Lipinski definition) is 2. The quantitative estimate of drug-likeness (QED) is 0.797. The van der Waals surface area contributed by atoms with Gasteiger partial charge in [0, 0.05) is 11.8 Å². The third kappa shape index (κ3) is 3.78. The smallest absolute Gasteiger partial charge is 0.305 e. The maximum atomic E-state index is 12.5. The van der Waals surface area contributed by atoms with E-state index in [1.165, 1.54) is 4.68 Å². The molecule has 21 heavy (non-hydrogen) atoms. The lowest BCUT2D eigenvalue weighted by Crippen LogP contribution is -2.35. The zero-order chi connectivity index (χ0) is 15.6. The minimum Gasteiger partial charge on any atom is -0.481 e. The van der Waals surface area contributed by atoms with Crippen molar-refractivity contribution in [3.05, 3.63) is 11.4 Å².